The SMILES string of the molecule is CCOc1cc(/C=C2\SC(=O)N(Cc3ccccc3[N+](=O)[O-])C2=O)cc(Cl)c1OS(=O)(=O)c1ccccc1. The van der Waals surface area contributed by atoms with Crippen LogP contribution in [0.2, 0.25) is 5.02 Å². The molecule has 0 atom stereocenters. The van der Waals surface area contributed by atoms with E-state index in [1.54, 1.807) is 31.2 Å². The Morgan fingerprint density at radius 3 is 2.45 bits per heavy atom. The fourth-order valence-electron chi connectivity index (χ4n) is 3.54. The molecule has 0 radical (unpaired) electrons. The Hall–Kier alpha value is -3.87. The van der Waals surface area contributed by atoms with E-state index in [0.29, 0.717) is 17.3 Å². The highest BCUT2D eigenvalue weighted by Gasteiger charge is 2.36. The van der Waals surface area contributed by atoms with Crippen LogP contribution in [0.1, 0.15) is 18.1 Å². The lowest BCUT2D eigenvalue weighted by Gasteiger charge is -2.14. The summed E-state index contributed by atoms with van der Waals surface area (Å²) in [5.41, 5.74) is 0.354. The summed E-state index contributed by atoms with van der Waals surface area (Å²) >= 11 is 7.03. The molecule has 1 aliphatic heterocycles. The van der Waals surface area contributed by atoms with Gasteiger partial charge in [-0.1, -0.05) is 48.0 Å². The number of benzene rings is 3. The van der Waals surface area contributed by atoms with Crippen molar-refractivity contribution in [2.45, 2.75) is 18.4 Å². The Kier molecular flexibility index (Phi) is 8.05. The molecule has 0 saturated carbocycles. The van der Waals surface area contributed by atoms with Gasteiger partial charge >= 0.3 is 10.1 Å². The molecule has 2 amide bonds. The normalized spacial score (nSPS) is 14.7. The predicted molar refractivity (Wildman–Crippen MR) is 141 cm³/mol. The van der Waals surface area contributed by atoms with Gasteiger partial charge < -0.3 is 8.92 Å². The molecule has 10 nitrogen and oxygen atoms in total. The average molecular weight is 575 g/mol. The van der Waals surface area contributed by atoms with E-state index in [0.717, 1.165) is 4.90 Å². The number of thioether (sulfide) groups is 1. The molecule has 0 unspecified atom stereocenters. The lowest BCUT2D eigenvalue weighted by Crippen LogP contribution is -2.27. The van der Waals surface area contributed by atoms with Gasteiger partial charge in [-0.2, -0.15) is 8.42 Å². The van der Waals surface area contributed by atoms with E-state index in [9.17, 15) is 28.1 Å². The predicted octanol–water partition coefficient (Wildman–Crippen LogP) is 5.65. The molecule has 4 rings (SSSR count). The highest BCUT2D eigenvalue weighted by molar-refractivity contribution is 8.18. The number of halogens is 1. The van der Waals surface area contributed by atoms with Gasteiger partial charge in [0, 0.05) is 11.6 Å². The minimum atomic E-state index is -4.21. The van der Waals surface area contributed by atoms with Gasteiger partial charge in [0.25, 0.3) is 16.8 Å². The van der Waals surface area contributed by atoms with E-state index in [4.69, 9.17) is 20.5 Å². The van der Waals surface area contributed by atoms with Gasteiger partial charge in [-0.25, -0.2) is 0 Å². The number of carbonyl (C=O) groups excluding carboxylic acids is 2. The van der Waals surface area contributed by atoms with Crippen molar-refractivity contribution in [2.24, 2.45) is 0 Å². The van der Waals surface area contributed by atoms with Gasteiger partial charge in [0.1, 0.15) is 4.90 Å². The molecule has 0 bridgehead atoms. The Balaban J connectivity index is 1.63. The first-order valence-electron chi connectivity index (χ1n) is 11.0. The second kappa shape index (κ2) is 11.3. The van der Waals surface area contributed by atoms with Crippen molar-refractivity contribution in [3.8, 4) is 11.5 Å². The topological polar surface area (TPSA) is 133 Å². The standard InChI is InChI=1S/C25H19ClN2O8S2/c1-2-35-21-13-16(12-19(26)23(21)36-38(33,34)18-9-4-3-5-10-18)14-22-24(29)27(25(30)37-22)15-17-8-6-7-11-20(17)28(31)32/h3-14H,2,15H2,1H3/b22-14-. The molecule has 0 aromatic heterocycles. The molecule has 1 saturated heterocycles. The summed E-state index contributed by atoms with van der Waals surface area (Å²) < 4.78 is 36.3. The fraction of sp³-hybridized carbons (Fsp3) is 0.120. The first-order chi connectivity index (χ1) is 18.1. The summed E-state index contributed by atoms with van der Waals surface area (Å²) in [5, 5.41) is 10.6. The average Bonchev–Trinajstić information content (AvgIpc) is 3.14. The van der Waals surface area contributed by atoms with E-state index >= 15 is 0 Å². The maximum absolute atomic E-state index is 13.0. The van der Waals surface area contributed by atoms with E-state index in [1.165, 1.54) is 48.5 Å². The smallest absolute Gasteiger partial charge is 0.339 e. The number of nitrogens with zero attached hydrogens (tertiary/aromatic N) is 2. The van der Waals surface area contributed by atoms with Gasteiger partial charge in [-0.3, -0.25) is 24.6 Å². The molecule has 0 N–H and O–H groups in total. The molecular weight excluding hydrogens is 556 g/mol. The van der Waals surface area contributed by atoms with Crippen molar-refractivity contribution < 1.29 is 31.9 Å². The van der Waals surface area contributed by atoms with E-state index in [-0.39, 0.29) is 50.7 Å². The van der Waals surface area contributed by atoms with Crippen molar-refractivity contribution in [1.29, 1.82) is 0 Å². The van der Waals surface area contributed by atoms with Crippen LogP contribution < -0.4 is 8.92 Å². The van der Waals surface area contributed by atoms with Crippen LogP contribution in [0.25, 0.3) is 6.08 Å². The molecule has 3 aromatic carbocycles. The number of imide groups is 1. The minimum absolute atomic E-state index is 0.0184. The Morgan fingerprint density at radius 2 is 1.76 bits per heavy atom. The number of amides is 2. The zero-order valence-corrected chi connectivity index (χ0v) is 22.1. The molecule has 1 heterocycles. The highest BCUT2D eigenvalue weighted by Crippen LogP contribution is 2.41. The van der Waals surface area contributed by atoms with Crippen LogP contribution in [0.4, 0.5) is 10.5 Å². The van der Waals surface area contributed by atoms with Crippen LogP contribution >= 0.6 is 23.4 Å². The number of hydrogen-bond donors (Lipinski definition) is 0. The summed E-state index contributed by atoms with van der Waals surface area (Å²) in [7, 11) is -4.21. The summed E-state index contributed by atoms with van der Waals surface area (Å²) in [6.45, 7) is 1.58. The fourth-order valence-corrected chi connectivity index (χ4v) is 5.66. The third-order valence-corrected chi connectivity index (χ3v) is 7.67. The van der Waals surface area contributed by atoms with Crippen LogP contribution in [0, 0.1) is 10.1 Å². The summed E-state index contributed by atoms with van der Waals surface area (Å²) in [6, 6.07) is 16.2. The van der Waals surface area contributed by atoms with Crippen LogP contribution in [0.3, 0.4) is 0 Å². The van der Waals surface area contributed by atoms with Gasteiger partial charge in [-0.15, -0.1) is 0 Å². The lowest BCUT2D eigenvalue weighted by molar-refractivity contribution is -0.385. The second-order valence-corrected chi connectivity index (χ2v) is 10.7. The van der Waals surface area contributed by atoms with Gasteiger partial charge in [0.2, 0.25) is 5.75 Å². The summed E-state index contributed by atoms with van der Waals surface area (Å²) in [4.78, 5) is 37.2. The third-order valence-electron chi connectivity index (χ3n) is 5.24. The Labute approximate surface area is 227 Å². The van der Waals surface area contributed by atoms with Crippen molar-refractivity contribution in [3.63, 3.8) is 0 Å². The molecule has 38 heavy (non-hydrogen) atoms. The van der Waals surface area contributed by atoms with E-state index < -0.39 is 26.2 Å². The summed E-state index contributed by atoms with van der Waals surface area (Å²) in [6.07, 6.45) is 1.40. The number of rotatable bonds is 9. The molecule has 1 fully saturated rings. The summed E-state index contributed by atoms with van der Waals surface area (Å²) in [5.74, 6) is -0.844. The van der Waals surface area contributed by atoms with E-state index in [2.05, 4.69) is 0 Å². The van der Waals surface area contributed by atoms with Crippen LogP contribution in [-0.4, -0.2) is 36.0 Å². The number of hydrogen-bond acceptors (Lipinski definition) is 9. The highest BCUT2D eigenvalue weighted by atomic mass is 35.5. The van der Waals surface area contributed by atoms with E-state index in [1.807, 2.05) is 0 Å². The van der Waals surface area contributed by atoms with Crippen LogP contribution in [0.5, 0.6) is 11.5 Å². The number of para-hydroxylation sites is 1. The van der Waals surface area contributed by atoms with Gasteiger partial charge in [-0.05, 0) is 54.6 Å². The van der Waals surface area contributed by atoms with Crippen molar-refractivity contribution >= 4 is 56.4 Å². The maximum atomic E-state index is 13.0. The quantitative estimate of drug-likeness (QED) is 0.137. The second-order valence-electron chi connectivity index (χ2n) is 7.77. The molecule has 0 aliphatic carbocycles. The zero-order chi connectivity index (χ0) is 27.4. The Morgan fingerprint density at radius 1 is 1.08 bits per heavy atom. The zero-order valence-electron chi connectivity index (χ0n) is 19.7. The monoisotopic (exact) mass is 574 g/mol. The number of nitro benzene ring substituents is 1. The maximum Gasteiger partial charge on any atom is 0.339 e. The molecule has 1 aliphatic rings. The van der Waals surface area contributed by atoms with Gasteiger partial charge in [0.05, 0.1) is 28.0 Å². The van der Waals surface area contributed by atoms with Crippen molar-refractivity contribution in [2.75, 3.05) is 6.61 Å². The lowest BCUT2D eigenvalue weighted by atomic mass is 10.1. The molecular formula is C25H19ClN2O8S2. The van der Waals surface area contributed by atoms with Crippen molar-refractivity contribution in [1.82, 2.24) is 4.90 Å². The molecule has 13 heteroatoms. The molecule has 3 aromatic rings. The minimum Gasteiger partial charge on any atom is -0.490 e. The first kappa shape index (κ1) is 27.2. The van der Waals surface area contributed by atoms with Gasteiger partial charge in [0.15, 0.2) is 5.75 Å². The number of nitro groups is 1. The van der Waals surface area contributed by atoms with Crippen molar-refractivity contribution in [3.05, 3.63) is 97.9 Å². The van der Waals surface area contributed by atoms with Crippen LogP contribution in [-0.2, 0) is 21.5 Å². The number of ether oxygens (including phenoxy) is 1. The number of carbonyl (C=O) groups is 2. The largest absolute Gasteiger partial charge is 0.490 e. The molecule has 0 spiro atoms. The third kappa shape index (κ3) is 5.82. The molecule has 196 valence electrons. The Bertz CT molecular complexity index is 1560. The van der Waals surface area contributed by atoms with Crippen LogP contribution in [0.15, 0.2) is 76.5 Å². The first-order valence-corrected chi connectivity index (χ1v) is 13.6.